The van der Waals surface area contributed by atoms with Crippen LogP contribution in [-0.2, 0) is 6.54 Å². The standard InChI is InChI=1S/C23H26N4O3/c1-16(2)22(19-8-9-20-21(12-19)30-11-3-10-29-20)26-23(28)18-6-4-17(5-7-18)13-27-15-24-14-25-27/h4-9,12,14-16,22H,3,10-11,13H2,1-2H3,(H,26,28)/t22-/m0/s1. The van der Waals surface area contributed by atoms with Crippen LogP contribution in [0.1, 0.15) is 47.8 Å². The van der Waals surface area contributed by atoms with Gasteiger partial charge in [-0.15, -0.1) is 0 Å². The fourth-order valence-electron chi connectivity index (χ4n) is 3.50. The molecule has 0 radical (unpaired) electrons. The Morgan fingerprint density at radius 3 is 2.57 bits per heavy atom. The second kappa shape index (κ2) is 8.98. The molecule has 2 heterocycles. The van der Waals surface area contributed by atoms with Gasteiger partial charge in [0.05, 0.1) is 25.8 Å². The Balaban J connectivity index is 1.48. The fraction of sp³-hybridized carbons (Fsp3) is 0.348. The average molecular weight is 406 g/mol. The van der Waals surface area contributed by atoms with Gasteiger partial charge in [0.25, 0.3) is 5.91 Å². The number of carbonyl (C=O) groups excluding carboxylic acids is 1. The van der Waals surface area contributed by atoms with Crippen molar-refractivity contribution < 1.29 is 14.3 Å². The molecule has 0 aliphatic carbocycles. The minimum absolute atomic E-state index is 0.104. The summed E-state index contributed by atoms with van der Waals surface area (Å²) in [5.41, 5.74) is 2.68. The lowest BCUT2D eigenvalue weighted by Crippen LogP contribution is -2.31. The summed E-state index contributed by atoms with van der Waals surface area (Å²) >= 11 is 0. The van der Waals surface area contributed by atoms with Gasteiger partial charge in [0.15, 0.2) is 11.5 Å². The number of nitrogens with zero attached hydrogens (tertiary/aromatic N) is 3. The van der Waals surface area contributed by atoms with Gasteiger partial charge in [-0.1, -0.05) is 32.0 Å². The van der Waals surface area contributed by atoms with E-state index in [0.29, 0.717) is 25.3 Å². The normalized spacial score (nSPS) is 14.2. The van der Waals surface area contributed by atoms with Gasteiger partial charge in [0.2, 0.25) is 0 Å². The molecule has 0 unspecified atom stereocenters. The molecule has 1 N–H and O–H groups in total. The maximum atomic E-state index is 12.9. The molecule has 1 atom stereocenters. The Morgan fingerprint density at radius 1 is 1.10 bits per heavy atom. The molecule has 30 heavy (non-hydrogen) atoms. The Kier molecular flexibility index (Phi) is 5.97. The van der Waals surface area contributed by atoms with E-state index in [1.165, 1.54) is 6.33 Å². The minimum atomic E-state index is -0.135. The van der Waals surface area contributed by atoms with Crippen LogP contribution >= 0.6 is 0 Å². The molecular formula is C23H26N4O3. The number of aromatic nitrogens is 3. The highest BCUT2D eigenvalue weighted by molar-refractivity contribution is 5.94. The van der Waals surface area contributed by atoms with Crippen LogP contribution in [0.3, 0.4) is 0 Å². The first-order valence-corrected chi connectivity index (χ1v) is 10.2. The minimum Gasteiger partial charge on any atom is -0.490 e. The van der Waals surface area contributed by atoms with Crippen molar-refractivity contribution in [3.63, 3.8) is 0 Å². The molecule has 4 rings (SSSR count). The lowest BCUT2D eigenvalue weighted by atomic mass is 9.95. The molecule has 0 fully saturated rings. The predicted molar refractivity (Wildman–Crippen MR) is 113 cm³/mol. The topological polar surface area (TPSA) is 78.3 Å². The number of nitrogens with one attached hydrogen (secondary N) is 1. The molecule has 1 amide bonds. The SMILES string of the molecule is CC(C)[C@H](NC(=O)c1ccc(Cn2cncn2)cc1)c1ccc2c(c1)OCCCO2. The monoisotopic (exact) mass is 406 g/mol. The maximum Gasteiger partial charge on any atom is 0.251 e. The quantitative estimate of drug-likeness (QED) is 0.677. The molecule has 1 aromatic heterocycles. The van der Waals surface area contributed by atoms with Crippen LogP contribution in [0.4, 0.5) is 0 Å². The third-order valence-electron chi connectivity index (χ3n) is 5.11. The van der Waals surface area contributed by atoms with Gasteiger partial charge in [0, 0.05) is 12.0 Å². The lowest BCUT2D eigenvalue weighted by molar-refractivity contribution is 0.0925. The Bertz CT molecular complexity index is 984. The average Bonchev–Trinajstić information content (AvgIpc) is 3.14. The van der Waals surface area contributed by atoms with E-state index >= 15 is 0 Å². The van der Waals surface area contributed by atoms with Crippen molar-refractivity contribution in [3.8, 4) is 11.5 Å². The molecule has 7 nitrogen and oxygen atoms in total. The van der Waals surface area contributed by atoms with Crippen LogP contribution in [0.5, 0.6) is 11.5 Å². The summed E-state index contributed by atoms with van der Waals surface area (Å²) in [6.45, 7) is 6.10. The van der Waals surface area contributed by atoms with Crippen molar-refractivity contribution >= 4 is 5.91 Å². The zero-order chi connectivity index (χ0) is 20.9. The highest BCUT2D eigenvalue weighted by Gasteiger charge is 2.21. The summed E-state index contributed by atoms with van der Waals surface area (Å²) in [7, 11) is 0. The number of ether oxygens (including phenoxy) is 2. The molecule has 156 valence electrons. The maximum absolute atomic E-state index is 12.9. The summed E-state index contributed by atoms with van der Waals surface area (Å²) in [6.07, 6.45) is 4.04. The van der Waals surface area contributed by atoms with Gasteiger partial charge in [-0.2, -0.15) is 5.10 Å². The molecule has 7 heteroatoms. The van der Waals surface area contributed by atoms with Gasteiger partial charge in [-0.25, -0.2) is 9.67 Å². The van der Waals surface area contributed by atoms with Gasteiger partial charge in [-0.3, -0.25) is 4.79 Å². The Morgan fingerprint density at radius 2 is 1.87 bits per heavy atom. The molecule has 0 spiro atoms. The molecule has 1 aliphatic heterocycles. The van der Waals surface area contributed by atoms with Gasteiger partial charge in [-0.05, 0) is 41.3 Å². The Hall–Kier alpha value is -3.35. The van der Waals surface area contributed by atoms with Crippen molar-refractivity contribution in [2.24, 2.45) is 5.92 Å². The highest BCUT2D eigenvalue weighted by Crippen LogP contribution is 2.34. The van der Waals surface area contributed by atoms with Crippen LogP contribution < -0.4 is 14.8 Å². The second-order valence-electron chi connectivity index (χ2n) is 7.74. The zero-order valence-corrected chi connectivity index (χ0v) is 17.2. The van der Waals surface area contributed by atoms with E-state index in [9.17, 15) is 4.79 Å². The first-order valence-electron chi connectivity index (χ1n) is 10.2. The predicted octanol–water partition coefficient (Wildman–Crippen LogP) is 3.61. The number of fused-ring (bicyclic) bond motifs is 1. The third kappa shape index (κ3) is 4.62. The smallest absolute Gasteiger partial charge is 0.251 e. The van der Waals surface area contributed by atoms with Crippen molar-refractivity contribution in [3.05, 3.63) is 71.8 Å². The number of carbonyl (C=O) groups is 1. The second-order valence-corrected chi connectivity index (χ2v) is 7.74. The van der Waals surface area contributed by atoms with E-state index in [2.05, 4.69) is 29.2 Å². The molecule has 0 saturated heterocycles. The summed E-state index contributed by atoms with van der Waals surface area (Å²) in [5.74, 6) is 1.61. The van der Waals surface area contributed by atoms with Crippen LogP contribution in [0, 0.1) is 5.92 Å². The molecule has 1 aliphatic rings. The number of hydrogen-bond donors (Lipinski definition) is 1. The fourth-order valence-corrected chi connectivity index (χ4v) is 3.50. The van der Waals surface area contributed by atoms with E-state index in [4.69, 9.17) is 9.47 Å². The molecule has 3 aromatic rings. The van der Waals surface area contributed by atoms with E-state index in [0.717, 1.165) is 29.0 Å². The zero-order valence-electron chi connectivity index (χ0n) is 17.2. The van der Waals surface area contributed by atoms with Gasteiger partial charge >= 0.3 is 0 Å². The summed E-state index contributed by atoms with van der Waals surface area (Å²) in [4.78, 5) is 16.9. The number of benzene rings is 2. The number of rotatable bonds is 6. The van der Waals surface area contributed by atoms with Crippen LogP contribution in [-0.4, -0.2) is 33.9 Å². The van der Waals surface area contributed by atoms with Gasteiger partial charge < -0.3 is 14.8 Å². The van der Waals surface area contributed by atoms with Gasteiger partial charge in [0.1, 0.15) is 12.7 Å². The first-order chi connectivity index (χ1) is 14.6. The molecule has 0 bridgehead atoms. The molecule has 0 saturated carbocycles. The van der Waals surface area contributed by atoms with Crippen molar-refractivity contribution in [2.45, 2.75) is 32.9 Å². The largest absolute Gasteiger partial charge is 0.490 e. The summed E-state index contributed by atoms with van der Waals surface area (Å²) in [5, 5.41) is 7.28. The summed E-state index contributed by atoms with van der Waals surface area (Å²) < 4.78 is 13.3. The van der Waals surface area contributed by atoms with Crippen molar-refractivity contribution in [2.75, 3.05) is 13.2 Å². The van der Waals surface area contributed by atoms with E-state index < -0.39 is 0 Å². The van der Waals surface area contributed by atoms with E-state index in [-0.39, 0.29) is 17.9 Å². The Labute approximate surface area is 176 Å². The number of hydrogen-bond acceptors (Lipinski definition) is 5. The van der Waals surface area contributed by atoms with Crippen LogP contribution in [0.25, 0.3) is 0 Å². The molecular weight excluding hydrogens is 380 g/mol. The third-order valence-corrected chi connectivity index (χ3v) is 5.11. The van der Waals surface area contributed by atoms with E-state index in [1.807, 2.05) is 42.5 Å². The van der Waals surface area contributed by atoms with Crippen LogP contribution in [0.2, 0.25) is 0 Å². The lowest BCUT2D eigenvalue weighted by Gasteiger charge is -2.24. The highest BCUT2D eigenvalue weighted by atomic mass is 16.5. The number of amides is 1. The van der Waals surface area contributed by atoms with E-state index in [1.54, 1.807) is 11.0 Å². The van der Waals surface area contributed by atoms with Crippen molar-refractivity contribution in [1.29, 1.82) is 0 Å². The summed E-state index contributed by atoms with van der Waals surface area (Å²) in [6, 6.07) is 13.3. The van der Waals surface area contributed by atoms with Crippen molar-refractivity contribution in [1.82, 2.24) is 20.1 Å². The molecule has 2 aromatic carbocycles. The first kappa shape index (κ1) is 19.9. The van der Waals surface area contributed by atoms with Crippen LogP contribution in [0.15, 0.2) is 55.1 Å².